The molecule has 1 fully saturated rings. The van der Waals surface area contributed by atoms with Gasteiger partial charge >= 0.3 is 0 Å². The maximum absolute atomic E-state index is 12.8. The molecule has 0 aromatic heterocycles. The number of nitrogens with one attached hydrogen (secondary N) is 1. The molecule has 3 rings (SSSR count). The quantitative estimate of drug-likeness (QED) is 0.907. The molecule has 1 N–H and O–H groups in total. The third kappa shape index (κ3) is 3.44. The van der Waals surface area contributed by atoms with Crippen molar-refractivity contribution in [2.75, 3.05) is 43.5 Å². The molecule has 0 spiro atoms. The topological polar surface area (TPSA) is 44.8 Å². The molecule has 2 heterocycles. The number of amides is 1. The van der Waals surface area contributed by atoms with Gasteiger partial charge in [0.15, 0.2) is 0 Å². The van der Waals surface area contributed by atoms with E-state index in [1.165, 1.54) is 19.3 Å². The molecule has 1 saturated heterocycles. The number of fused-ring (bicyclic) bond motifs is 1. The first-order chi connectivity index (χ1) is 11.2. The van der Waals surface area contributed by atoms with Crippen molar-refractivity contribution in [3.63, 3.8) is 0 Å². The molecule has 0 radical (unpaired) electrons. The Hall–Kier alpha value is -1.75. The van der Waals surface area contributed by atoms with Crippen molar-refractivity contribution < 1.29 is 9.53 Å². The number of hydrogen-bond donors (Lipinski definition) is 1. The molecule has 1 atom stereocenters. The average molecular weight is 317 g/mol. The molecular weight excluding hydrogens is 290 g/mol. The molecule has 2 aliphatic rings. The van der Waals surface area contributed by atoms with Crippen LogP contribution in [0.15, 0.2) is 18.2 Å². The van der Waals surface area contributed by atoms with E-state index in [1.54, 1.807) is 7.11 Å². The molecule has 5 nitrogen and oxygen atoms in total. The average Bonchev–Trinajstić information content (AvgIpc) is 2.61. The number of carbonyl (C=O) groups excluding carboxylic acids is 1. The van der Waals surface area contributed by atoms with E-state index in [1.807, 2.05) is 30.0 Å². The van der Waals surface area contributed by atoms with Gasteiger partial charge in [-0.15, -0.1) is 0 Å². The van der Waals surface area contributed by atoms with Crippen LogP contribution in [0.3, 0.4) is 0 Å². The van der Waals surface area contributed by atoms with E-state index in [4.69, 9.17) is 4.74 Å². The van der Waals surface area contributed by atoms with Crippen molar-refractivity contribution in [3.05, 3.63) is 18.2 Å². The van der Waals surface area contributed by atoms with Gasteiger partial charge in [-0.3, -0.25) is 4.79 Å². The molecule has 1 amide bonds. The van der Waals surface area contributed by atoms with Crippen LogP contribution < -0.4 is 15.0 Å². The number of ether oxygens (including phenoxy) is 1. The highest BCUT2D eigenvalue weighted by Gasteiger charge is 2.31. The zero-order chi connectivity index (χ0) is 16.2. The zero-order valence-corrected chi connectivity index (χ0v) is 14.2. The zero-order valence-electron chi connectivity index (χ0n) is 14.2. The van der Waals surface area contributed by atoms with Crippen molar-refractivity contribution in [2.45, 2.75) is 38.6 Å². The Kier molecular flexibility index (Phi) is 5.06. The first-order valence-electron chi connectivity index (χ1n) is 8.71. The Bertz CT molecular complexity index is 555. The second-order valence-electron chi connectivity index (χ2n) is 6.38. The predicted molar refractivity (Wildman–Crippen MR) is 93.3 cm³/mol. The molecule has 0 aliphatic carbocycles. The molecule has 126 valence electrons. The molecule has 0 bridgehead atoms. The molecule has 5 heteroatoms. The summed E-state index contributed by atoms with van der Waals surface area (Å²) in [5.74, 6) is 0.999. The maximum atomic E-state index is 12.8. The van der Waals surface area contributed by atoms with Crippen molar-refractivity contribution in [3.8, 4) is 5.75 Å². The molecule has 1 unspecified atom stereocenters. The largest absolute Gasteiger partial charge is 0.497 e. The Balaban J connectivity index is 1.78. The second kappa shape index (κ2) is 7.21. The van der Waals surface area contributed by atoms with Crippen LogP contribution in [0.1, 0.15) is 32.6 Å². The van der Waals surface area contributed by atoms with Gasteiger partial charge in [0, 0.05) is 19.2 Å². The van der Waals surface area contributed by atoms with Crippen molar-refractivity contribution in [1.82, 2.24) is 4.90 Å². The van der Waals surface area contributed by atoms with Crippen LogP contribution in [-0.2, 0) is 4.79 Å². The van der Waals surface area contributed by atoms with Gasteiger partial charge < -0.3 is 19.9 Å². The molecular formula is C18H27N3O2. The number of piperidine rings is 1. The first-order valence-corrected chi connectivity index (χ1v) is 8.71. The van der Waals surface area contributed by atoms with Gasteiger partial charge in [-0.25, -0.2) is 0 Å². The molecule has 0 saturated carbocycles. The minimum absolute atomic E-state index is 0.143. The van der Waals surface area contributed by atoms with E-state index in [0.29, 0.717) is 0 Å². The fraction of sp³-hybridized carbons (Fsp3) is 0.611. The molecule has 1 aromatic carbocycles. The number of rotatable bonds is 5. The number of anilines is 2. The van der Waals surface area contributed by atoms with Crippen LogP contribution in [0.25, 0.3) is 0 Å². The lowest BCUT2D eigenvalue weighted by Crippen LogP contribution is -2.49. The van der Waals surface area contributed by atoms with E-state index >= 15 is 0 Å². The van der Waals surface area contributed by atoms with Gasteiger partial charge in [0.05, 0.1) is 18.5 Å². The van der Waals surface area contributed by atoms with Crippen LogP contribution >= 0.6 is 0 Å². The number of methoxy groups -OCH3 is 1. The van der Waals surface area contributed by atoms with E-state index in [0.717, 1.165) is 49.7 Å². The Labute approximate surface area is 138 Å². The Morgan fingerprint density at radius 1 is 1.22 bits per heavy atom. The van der Waals surface area contributed by atoms with E-state index in [-0.39, 0.29) is 11.9 Å². The third-order valence-corrected chi connectivity index (χ3v) is 4.89. The van der Waals surface area contributed by atoms with E-state index in [9.17, 15) is 4.79 Å². The predicted octanol–water partition coefficient (Wildman–Crippen LogP) is 2.72. The summed E-state index contributed by atoms with van der Waals surface area (Å²) in [6, 6.07) is 5.75. The third-order valence-electron chi connectivity index (χ3n) is 4.89. The highest BCUT2D eigenvalue weighted by atomic mass is 16.5. The number of benzene rings is 1. The normalized spacial score (nSPS) is 21.7. The molecule has 23 heavy (non-hydrogen) atoms. The lowest BCUT2D eigenvalue weighted by molar-refractivity contribution is -0.119. The summed E-state index contributed by atoms with van der Waals surface area (Å²) in [6.45, 7) is 6.08. The Morgan fingerprint density at radius 2 is 2.00 bits per heavy atom. The van der Waals surface area contributed by atoms with Gasteiger partial charge in [0.2, 0.25) is 5.91 Å². The maximum Gasteiger partial charge on any atom is 0.249 e. The summed E-state index contributed by atoms with van der Waals surface area (Å²) in [4.78, 5) is 17.2. The van der Waals surface area contributed by atoms with Gasteiger partial charge in [0.1, 0.15) is 11.8 Å². The number of nitrogens with zero attached hydrogens (tertiary/aromatic N) is 2. The fourth-order valence-corrected chi connectivity index (χ4v) is 3.48. The van der Waals surface area contributed by atoms with Crippen LogP contribution in [0, 0.1) is 0 Å². The van der Waals surface area contributed by atoms with Crippen LogP contribution in [0.2, 0.25) is 0 Å². The summed E-state index contributed by atoms with van der Waals surface area (Å²) in [5.41, 5.74) is 1.96. The molecule has 1 aromatic rings. The highest BCUT2D eigenvalue weighted by molar-refractivity contribution is 6.05. The highest BCUT2D eigenvalue weighted by Crippen LogP contribution is 2.35. The number of likely N-dealkylation sites (tertiary alicyclic amines) is 1. The van der Waals surface area contributed by atoms with Crippen LogP contribution in [-0.4, -0.2) is 50.1 Å². The standard InChI is InChI=1S/C18H27N3O2/c1-3-15-18(22)21(12-11-20-9-5-4-6-10-20)17-8-7-14(23-2)13-16(17)19-15/h7-8,13,15,19H,3-6,9-12H2,1-2H3. The Morgan fingerprint density at radius 3 is 2.70 bits per heavy atom. The van der Waals surface area contributed by atoms with Crippen molar-refractivity contribution in [2.24, 2.45) is 0 Å². The lowest BCUT2D eigenvalue weighted by Gasteiger charge is -2.37. The second-order valence-corrected chi connectivity index (χ2v) is 6.38. The van der Waals surface area contributed by atoms with Crippen molar-refractivity contribution in [1.29, 1.82) is 0 Å². The van der Waals surface area contributed by atoms with Gasteiger partial charge in [-0.05, 0) is 44.5 Å². The minimum Gasteiger partial charge on any atom is -0.497 e. The number of carbonyl (C=O) groups is 1. The van der Waals surface area contributed by atoms with Crippen molar-refractivity contribution >= 4 is 17.3 Å². The summed E-state index contributed by atoms with van der Waals surface area (Å²) in [7, 11) is 1.67. The van der Waals surface area contributed by atoms with E-state index < -0.39 is 0 Å². The summed E-state index contributed by atoms with van der Waals surface area (Å²) in [5, 5.41) is 3.35. The smallest absolute Gasteiger partial charge is 0.249 e. The van der Waals surface area contributed by atoms with Gasteiger partial charge in [0.25, 0.3) is 0 Å². The number of hydrogen-bond acceptors (Lipinski definition) is 4. The molecule has 2 aliphatic heterocycles. The summed E-state index contributed by atoms with van der Waals surface area (Å²) < 4.78 is 5.31. The van der Waals surface area contributed by atoms with E-state index in [2.05, 4.69) is 10.2 Å². The van der Waals surface area contributed by atoms with Gasteiger partial charge in [-0.1, -0.05) is 13.3 Å². The van der Waals surface area contributed by atoms with Crippen LogP contribution in [0.5, 0.6) is 5.75 Å². The lowest BCUT2D eigenvalue weighted by atomic mass is 10.1. The SMILES string of the molecule is CCC1Nc2cc(OC)ccc2N(CCN2CCCCC2)C1=O. The fourth-order valence-electron chi connectivity index (χ4n) is 3.48. The minimum atomic E-state index is -0.143. The monoisotopic (exact) mass is 317 g/mol. The summed E-state index contributed by atoms with van der Waals surface area (Å²) >= 11 is 0. The summed E-state index contributed by atoms with van der Waals surface area (Å²) in [6.07, 6.45) is 4.68. The first kappa shape index (κ1) is 16.1. The van der Waals surface area contributed by atoms with Crippen LogP contribution in [0.4, 0.5) is 11.4 Å². The van der Waals surface area contributed by atoms with Gasteiger partial charge in [-0.2, -0.15) is 0 Å².